The van der Waals surface area contributed by atoms with E-state index in [0.29, 0.717) is 0 Å². The SMILES string of the molecule is CN(CC1CCCO1)C(=O)[C@H]1CCCNC1. The van der Waals surface area contributed by atoms with Gasteiger partial charge in [-0.15, -0.1) is 0 Å². The maximum Gasteiger partial charge on any atom is 0.226 e. The monoisotopic (exact) mass is 226 g/mol. The molecular formula is C12H22N2O2. The second kappa shape index (κ2) is 5.64. The van der Waals surface area contributed by atoms with Crippen molar-refractivity contribution in [1.82, 2.24) is 10.2 Å². The molecule has 2 fully saturated rings. The lowest BCUT2D eigenvalue weighted by atomic mass is 9.98. The minimum absolute atomic E-state index is 0.181. The molecule has 0 aromatic carbocycles. The first kappa shape index (κ1) is 11.9. The van der Waals surface area contributed by atoms with Gasteiger partial charge in [-0.05, 0) is 32.2 Å². The maximum absolute atomic E-state index is 12.1. The van der Waals surface area contributed by atoms with E-state index in [1.54, 1.807) is 0 Å². The van der Waals surface area contributed by atoms with Gasteiger partial charge in [0.2, 0.25) is 5.91 Å². The Labute approximate surface area is 97.3 Å². The van der Waals surface area contributed by atoms with Crippen LogP contribution in [0.5, 0.6) is 0 Å². The van der Waals surface area contributed by atoms with Crippen LogP contribution in [0.3, 0.4) is 0 Å². The molecule has 2 rings (SSSR count). The highest BCUT2D eigenvalue weighted by Crippen LogP contribution is 2.16. The first-order valence-corrected chi connectivity index (χ1v) is 6.34. The molecule has 4 heteroatoms. The van der Waals surface area contributed by atoms with Crippen molar-refractivity contribution in [3.8, 4) is 0 Å². The van der Waals surface area contributed by atoms with Crippen molar-refractivity contribution < 1.29 is 9.53 Å². The smallest absolute Gasteiger partial charge is 0.226 e. The van der Waals surface area contributed by atoms with E-state index in [9.17, 15) is 4.79 Å². The van der Waals surface area contributed by atoms with Gasteiger partial charge in [-0.25, -0.2) is 0 Å². The van der Waals surface area contributed by atoms with Crippen molar-refractivity contribution in [2.75, 3.05) is 33.3 Å². The highest BCUT2D eigenvalue weighted by molar-refractivity contribution is 5.78. The molecule has 2 saturated heterocycles. The summed E-state index contributed by atoms with van der Waals surface area (Å²) < 4.78 is 5.55. The van der Waals surface area contributed by atoms with Crippen LogP contribution in [0.4, 0.5) is 0 Å². The number of amides is 1. The topological polar surface area (TPSA) is 41.6 Å². The first-order valence-electron chi connectivity index (χ1n) is 6.34. The molecule has 0 aromatic heterocycles. The van der Waals surface area contributed by atoms with Crippen molar-refractivity contribution in [2.24, 2.45) is 5.92 Å². The highest BCUT2D eigenvalue weighted by atomic mass is 16.5. The third-order valence-corrected chi connectivity index (χ3v) is 3.52. The molecule has 0 saturated carbocycles. The number of ether oxygens (including phenoxy) is 1. The summed E-state index contributed by atoms with van der Waals surface area (Å²) >= 11 is 0. The van der Waals surface area contributed by atoms with E-state index in [1.165, 1.54) is 0 Å². The van der Waals surface area contributed by atoms with Gasteiger partial charge in [0.25, 0.3) is 0 Å². The number of carbonyl (C=O) groups excluding carboxylic acids is 1. The third kappa shape index (κ3) is 2.95. The number of rotatable bonds is 3. The average Bonchev–Trinajstić information content (AvgIpc) is 2.82. The van der Waals surface area contributed by atoms with Crippen LogP contribution >= 0.6 is 0 Å². The van der Waals surface area contributed by atoms with Gasteiger partial charge >= 0.3 is 0 Å². The largest absolute Gasteiger partial charge is 0.376 e. The molecule has 2 heterocycles. The van der Waals surface area contributed by atoms with Crippen LogP contribution in [0.15, 0.2) is 0 Å². The lowest BCUT2D eigenvalue weighted by Crippen LogP contribution is -2.43. The van der Waals surface area contributed by atoms with Crippen LogP contribution in [-0.4, -0.2) is 50.2 Å². The first-order chi connectivity index (χ1) is 7.77. The zero-order valence-electron chi connectivity index (χ0n) is 10.1. The number of hydrogen-bond acceptors (Lipinski definition) is 3. The molecule has 1 amide bonds. The molecule has 92 valence electrons. The van der Waals surface area contributed by atoms with E-state index in [2.05, 4.69) is 5.32 Å². The Bertz CT molecular complexity index is 233. The summed E-state index contributed by atoms with van der Waals surface area (Å²) in [5.41, 5.74) is 0. The number of nitrogens with one attached hydrogen (secondary N) is 1. The Balaban J connectivity index is 1.78. The van der Waals surface area contributed by atoms with E-state index in [4.69, 9.17) is 4.74 Å². The standard InChI is InChI=1S/C12H22N2O2/c1-14(9-11-5-3-7-16-11)12(15)10-4-2-6-13-8-10/h10-11,13H,2-9H2,1H3/t10-,11?/m0/s1. The maximum atomic E-state index is 12.1. The molecule has 4 nitrogen and oxygen atoms in total. The van der Waals surface area contributed by atoms with Crippen molar-refractivity contribution in [1.29, 1.82) is 0 Å². The lowest BCUT2D eigenvalue weighted by Gasteiger charge is -2.28. The second-order valence-electron chi connectivity index (χ2n) is 4.90. The molecule has 1 N–H and O–H groups in total. The summed E-state index contributed by atoms with van der Waals surface area (Å²) in [6.45, 7) is 3.51. The summed E-state index contributed by atoms with van der Waals surface area (Å²) in [6, 6.07) is 0. The zero-order chi connectivity index (χ0) is 11.4. The molecule has 2 aliphatic rings. The Morgan fingerprint density at radius 3 is 2.94 bits per heavy atom. The van der Waals surface area contributed by atoms with E-state index in [-0.39, 0.29) is 17.9 Å². The minimum atomic E-state index is 0.181. The fraction of sp³-hybridized carbons (Fsp3) is 0.917. The average molecular weight is 226 g/mol. The Morgan fingerprint density at radius 2 is 2.31 bits per heavy atom. The Hall–Kier alpha value is -0.610. The van der Waals surface area contributed by atoms with Gasteiger partial charge in [0.1, 0.15) is 0 Å². The summed E-state index contributed by atoms with van der Waals surface area (Å²) in [7, 11) is 1.90. The summed E-state index contributed by atoms with van der Waals surface area (Å²) in [5.74, 6) is 0.461. The zero-order valence-corrected chi connectivity index (χ0v) is 10.1. The number of nitrogens with zero attached hydrogens (tertiary/aromatic N) is 1. The van der Waals surface area contributed by atoms with E-state index in [0.717, 1.165) is 51.9 Å². The van der Waals surface area contributed by atoms with Gasteiger partial charge in [-0.1, -0.05) is 0 Å². The van der Waals surface area contributed by atoms with E-state index < -0.39 is 0 Å². The fourth-order valence-electron chi connectivity index (χ4n) is 2.56. The number of piperidine rings is 1. The summed E-state index contributed by atoms with van der Waals surface area (Å²) in [5, 5.41) is 3.29. The molecule has 0 bridgehead atoms. The third-order valence-electron chi connectivity index (χ3n) is 3.52. The quantitative estimate of drug-likeness (QED) is 0.767. The number of likely N-dealkylation sites (N-methyl/N-ethyl adjacent to an activating group) is 1. The highest BCUT2D eigenvalue weighted by Gasteiger charge is 2.26. The predicted octanol–water partition coefficient (Wildman–Crippen LogP) is 0.623. The molecule has 2 aliphatic heterocycles. The Morgan fingerprint density at radius 1 is 1.44 bits per heavy atom. The number of hydrogen-bond donors (Lipinski definition) is 1. The van der Waals surface area contributed by atoms with Crippen LogP contribution in [0, 0.1) is 5.92 Å². The van der Waals surface area contributed by atoms with E-state index in [1.807, 2.05) is 11.9 Å². The van der Waals surface area contributed by atoms with Crippen LogP contribution in [-0.2, 0) is 9.53 Å². The van der Waals surface area contributed by atoms with Gasteiger partial charge in [-0.2, -0.15) is 0 Å². The summed E-state index contributed by atoms with van der Waals surface area (Å²) in [6.07, 6.45) is 4.65. The van der Waals surface area contributed by atoms with Gasteiger partial charge in [0.15, 0.2) is 0 Å². The van der Waals surface area contributed by atoms with Crippen molar-refractivity contribution in [3.63, 3.8) is 0 Å². The molecule has 16 heavy (non-hydrogen) atoms. The fourth-order valence-corrected chi connectivity index (χ4v) is 2.56. The predicted molar refractivity (Wildman–Crippen MR) is 62.2 cm³/mol. The molecule has 0 spiro atoms. The Kier molecular flexibility index (Phi) is 4.18. The van der Waals surface area contributed by atoms with Crippen LogP contribution < -0.4 is 5.32 Å². The summed E-state index contributed by atoms with van der Waals surface area (Å²) in [4.78, 5) is 14.0. The van der Waals surface area contributed by atoms with Gasteiger partial charge in [-0.3, -0.25) is 4.79 Å². The van der Waals surface area contributed by atoms with Crippen molar-refractivity contribution in [2.45, 2.75) is 31.8 Å². The molecule has 0 radical (unpaired) electrons. The van der Waals surface area contributed by atoms with Crippen molar-refractivity contribution >= 4 is 5.91 Å². The molecule has 0 aromatic rings. The van der Waals surface area contributed by atoms with Crippen LogP contribution in [0.1, 0.15) is 25.7 Å². The lowest BCUT2D eigenvalue weighted by molar-refractivity contribution is -0.136. The van der Waals surface area contributed by atoms with Gasteiger partial charge in [0, 0.05) is 26.7 Å². The van der Waals surface area contributed by atoms with Crippen molar-refractivity contribution in [3.05, 3.63) is 0 Å². The molecular weight excluding hydrogens is 204 g/mol. The van der Waals surface area contributed by atoms with Crippen LogP contribution in [0.25, 0.3) is 0 Å². The van der Waals surface area contributed by atoms with Crippen LogP contribution in [0.2, 0.25) is 0 Å². The normalized spacial score (nSPS) is 30.3. The number of carbonyl (C=O) groups is 1. The minimum Gasteiger partial charge on any atom is -0.376 e. The van der Waals surface area contributed by atoms with E-state index >= 15 is 0 Å². The second-order valence-corrected chi connectivity index (χ2v) is 4.90. The molecule has 2 atom stereocenters. The van der Waals surface area contributed by atoms with Gasteiger partial charge < -0.3 is 15.0 Å². The van der Waals surface area contributed by atoms with Gasteiger partial charge in [0.05, 0.1) is 12.0 Å². The molecule has 1 unspecified atom stereocenters. The molecule has 0 aliphatic carbocycles.